The second-order valence-corrected chi connectivity index (χ2v) is 6.33. The first-order valence-corrected chi connectivity index (χ1v) is 8.39. The Balaban J connectivity index is 2.01. The SMILES string of the molecule is Cc1ccccc1Cn1c(C#N)cc(N)c1N1CCCCCC1. The van der Waals surface area contributed by atoms with Crippen LogP contribution in [-0.4, -0.2) is 17.7 Å². The largest absolute Gasteiger partial charge is 0.396 e. The van der Waals surface area contributed by atoms with E-state index in [4.69, 9.17) is 5.73 Å². The molecule has 0 saturated carbocycles. The molecule has 1 aliphatic rings. The minimum absolute atomic E-state index is 0.644. The number of nitriles is 1. The maximum Gasteiger partial charge on any atom is 0.133 e. The van der Waals surface area contributed by atoms with Gasteiger partial charge in [0.05, 0.1) is 12.2 Å². The number of hydrogen-bond donors (Lipinski definition) is 1. The monoisotopic (exact) mass is 308 g/mol. The Morgan fingerprint density at radius 1 is 1.13 bits per heavy atom. The van der Waals surface area contributed by atoms with Gasteiger partial charge in [0.2, 0.25) is 0 Å². The number of aromatic nitrogens is 1. The van der Waals surface area contributed by atoms with Gasteiger partial charge in [0, 0.05) is 13.1 Å². The van der Waals surface area contributed by atoms with Crippen molar-refractivity contribution in [3.05, 3.63) is 47.2 Å². The fourth-order valence-corrected chi connectivity index (χ4v) is 3.41. The number of rotatable bonds is 3. The summed E-state index contributed by atoms with van der Waals surface area (Å²) in [5.41, 5.74) is 10.1. The van der Waals surface area contributed by atoms with Gasteiger partial charge in [-0.1, -0.05) is 37.1 Å². The van der Waals surface area contributed by atoms with E-state index in [9.17, 15) is 5.26 Å². The highest BCUT2D eigenvalue weighted by Gasteiger charge is 2.20. The van der Waals surface area contributed by atoms with Gasteiger partial charge in [0.25, 0.3) is 0 Å². The fourth-order valence-electron chi connectivity index (χ4n) is 3.41. The molecule has 1 aliphatic heterocycles. The van der Waals surface area contributed by atoms with Crippen LogP contribution in [0.1, 0.15) is 42.5 Å². The van der Waals surface area contributed by atoms with Crippen molar-refractivity contribution in [1.82, 2.24) is 4.57 Å². The normalized spacial score (nSPS) is 15.2. The second-order valence-electron chi connectivity index (χ2n) is 6.33. The number of nitrogens with zero attached hydrogens (tertiary/aromatic N) is 3. The van der Waals surface area contributed by atoms with Crippen molar-refractivity contribution in [1.29, 1.82) is 5.26 Å². The van der Waals surface area contributed by atoms with Gasteiger partial charge in [0.1, 0.15) is 17.6 Å². The molecule has 23 heavy (non-hydrogen) atoms. The van der Waals surface area contributed by atoms with E-state index in [1.165, 1.54) is 36.8 Å². The number of anilines is 2. The topological polar surface area (TPSA) is 58.0 Å². The summed E-state index contributed by atoms with van der Waals surface area (Å²) >= 11 is 0. The van der Waals surface area contributed by atoms with Crippen LogP contribution in [0.3, 0.4) is 0 Å². The third-order valence-electron chi connectivity index (χ3n) is 4.71. The van der Waals surface area contributed by atoms with Gasteiger partial charge in [-0.2, -0.15) is 5.26 Å². The molecule has 4 nitrogen and oxygen atoms in total. The van der Waals surface area contributed by atoms with Gasteiger partial charge in [-0.25, -0.2) is 0 Å². The van der Waals surface area contributed by atoms with Crippen LogP contribution in [-0.2, 0) is 6.54 Å². The zero-order chi connectivity index (χ0) is 16.2. The molecule has 2 aromatic rings. The molecule has 4 heteroatoms. The van der Waals surface area contributed by atoms with Crippen LogP contribution in [0.5, 0.6) is 0 Å². The van der Waals surface area contributed by atoms with Crippen molar-refractivity contribution in [3.8, 4) is 6.07 Å². The number of nitrogens with two attached hydrogens (primary N) is 1. The molecular weight excluding hydrogens is 284 g/mol. The van der Waals surface area contributed by atoms with Gasteiger partial charge in [-0.15, -0.1) is 0 Å². The Bertz CT molecular complexity index is 715. The Kier molecular flexibility index (Phi) is 4.57. The third kappa shape index (κ3) is 3.19. The van der Waals surface area contributed by atoms with E-state index in [1.54, 1.807) is 0 Å². The van der Waals surface area contributed by atoms with Crippen molar-refractivity contribution < 1.29 is 0 Å². The summed E-state index contributed by atoms with van der Waals surface area (Å²) < 4.78 is 2.09. The molecule has 1 aromatic heterocycles. The quantitative estimate of drug-likeness (QED) is 0.941. The van der Waals surface area contributed by atoms with Crippen LogP contribution in [0.2, 0.25) is 0 Å². The van der Waals surface area contributed by atoms with Crippen LogP contribution >= 0.6 is 0 Å². The van der Waals surface area contributed by atoms with Crippen molar-refractivity contribution in [3.63, 3.8) is 0 Å². The van der Waals surface area contributed by atoms with Crippen LogP contribution < -0.4 is 10.6 Å². The van der Waals surface area contributed by atoms with Gasteiger partial charge >= 0.3 is 0 Å². The summed E-state index contributed by atoms with van der Waals surface area (Å²) in [6.45, 7) is 4.85. The zero-order valence-corrected chi connectivity index (χ0v) is 13.8. The fraction of sp³-hybridized carbons (Fsp3) is 0.421. The van der Waals surface area contributed by atoms with Crippen LogP contribution in [0, 0.1) is 18.3 Å². The smallest absolute Gasteiger partial charge is 0.133 e. The van der Waals surface area contributed by atoms with Crippen molar-refractivity contribution in [2.45, 2.75) is 39.2 Å². The van der Waals surface area contributed by atoms with Gasteiger partial charge in [-0.3, -0.25) is 0 Å². The molecule has 0 bridgehead atoms. The minimum Gasteiger partial charge on any atom is -0.396 e. The Morgan fingerprint density at radius 3 is 2.48 bits per heavy atom. The summed E-state index contributed by atoms with van der Waals surface area (Å²) in [5.74, 6) is 1.02. The predicted molar refractivity (Wildman–Crippen MR) is 94.5 cm³/mol. The lowest BCUT2D eigenvalue weighted by molar-refractivity contribution is 0.714. The summed E-state index contributed by atoms with van der Waals surface area (Å²) in [4.78, 5) is 2.36. The predicted octanol–water partition coefficient (Wildman–Crippen LogP) is 3.68. The molecule has 0 spiro atoms. The van der Waals surface area contributed by atoms with E-state index < -0.39 is 0 Å². The summed E-state index contributed by atoms with van der Waals surface area (Å²) in [7, 11) is 0. The average Bonchev–Trinajstić information content (AvgIpc) is 2.73. The highest BCUT2D eigenvalue weighted by Crippen LogP contribution is 2.31. The number of hydrogen-bond acceptors (Lipinski definition) is 3. The molecular formula is C19H24N4. The Labute approximate surface area is 138 Å². The van der Waals surface area contributed by atoms with Crippen molar-refractivity contribution >= 4 is 11.5 Å². The molecule has 1 fully saturated rings. The molecule has 2 heterocycles. The molecule has 2 N–H and O–H groups in total. The van der Waals surface area contributed by atoms with Crippen LogP contribution in [0.25, 0.3) is 0 Å². The Hall–Kier alpha value is -2.41. The molecule has 0 radical (unpaired) electrons. The molecule has 0 aliphatic carbocycles. The third-order valence-corrected chi connectivity index (χ3v) is 4.71. The highest BCUT2D eigenvalue weighted by molar-refractivity contribution is 5.68. The lowest BCUT2D eigenvalue weighted by Crippen LogP contribution is -2.27. The van der Waals surface area contributed by atoms with E-state index >= 15 is 0 Å². The van der Waals surface area contributed by atoms with Crippen molar-refractivity contribution in [2.75, 3.05) is 23.7 Å². The lowest BCUT2D eigenvalue weighted by Gasteiger charge is -2.25. The average molecular weight is 308 g/mol. The van der Waals surface area contributed by atoms with Gasteiger partial charge in [0.15, 0.2) is 0 Å². The van der Waals surface area contributed by atoms with Crippen molar-refractivity contribution in [2.24, 2.45) is 0 Å². The first kappa shape index (κ1) is 15.5. The summed E-state index contributed by atoms with van der Waals surface area (Å²) in [6, 6.07) is 12.5. The number of benzene rings is 1. The molecule has 0 unspecified atom stereocenters. The number of nitrogen functional groups attached to an aromatic ring is 1. The summed E-state index contributed by atoms with van der Waals surface area (Å²) in [5, 5.41) is 9.51. The van der Waals surface area contributed by atoms with Crippen LogP contribution in [0.4, 0.5) is 11.5 Å². The molecule has 1 saturated heterocycles. The standard InChI is InChI=1S/C19H24N4/c1-15-8-4-5-9-16(15)14-23-17(13-20)12-18(21)19(23)22-10-6-2-3-7-11-22/h4-5,8-9,12H,2-3,6-7,10-11,14,21H2,1H3. The van der Waals surface area contributed by atoms with Crippen LogP contribution in [0.15, 0.2) is 30.3 Å². The van der Waals surface area contributed by atoms with E-state index in [2.05, 4.69) is 34.6 Å². The van der Waals surface area contributed by atoms with E-state index in [-0.39, 0.29) is 0 Å². The van der Waals surface area contributed by atoms with E-state index in [0.29, 0.717) is 12.2 Å². The zero-order valence-electron chi connectivity index (χ0n) is 13.8. The lowest BCUT2D eigenvalue weighted by atomic mass is 10.1. The first-order valence-electron chi connectivity index (χ1n) is 8.39. The van der Waals surface area contributed by atoms with E-state index in [1.807, 2.05) is 18.2 Å². The molecule has 1 aromatic carbocycles. The molecule has 120 valence electrons. The molecule has 3 rings (SSSR count). The number of aryl methyl sites for hydroxylation is 1. The second kappa shape index (κ2) is 6.78. The first-order chi connectivity index (χ1) is 11.2. The maximum absolute atomic E-state index is 9.51. The maximum atomic E-state index is 9.51. The van der Waals surface area contributed by atoms with Gasteiger partial charge in [-0.05, 0) is 37.0 Å². The highest BCUT2D eigenvalue weighted by atomic mass is 15.3. The van der Waals surface area contributed by atoms with E-state index in [0.717, 1.165) is 24.6 Å². The van der Waals surface area contributed by atoms with Gasteiger partial charge < -0.3 is 15.2 Å². The molecule has 0 atom stereocenters. The molecule has 0 amide bonds. The minimum atomic E-state index is 0.644. The Morgan fingerprint density at radius 2 is 1.83 bits per heavy atom. The summed E-state index contributed by atoms with van der Waals surface area (Å²) in [6.07, 6.45) is 4.94.